The van der Waals surface area contributed by atoms with Crippen LogP contribution in [0.4, 0.5) is 10.8 Å². The van der Waals surface area contributed by atoms with E-state index in [1.165, 1.54) is 35.4 Å². The first-order valence-electron chi connectivity index (χ1n) is 14.7. The van der Waals surface area contributed by atoms with Gasteiger partial charge in [-0.2, -0.15) is 4.57 Å². The number of nitrogens with zero attached hydrogens (tertiary/aromatic N) is 5. The first-order chi connectivity index (χ1) is 23.5. The summed E-state index contributed by atoms with van der Waals surface area (Å²) < 4.78 is 1.69. The number of likely N-dealkylation sites (tertiary alicyclic amines) is 1. The summed E-state index contributed by atoms with van der Waals surface area (Å²) >= 11 is 2.27. The molecule has 0 bridgehead atoms. The van der Waals surface area contributed by atoms with Gasteiger partial charge in [-0.3, -0.25) is 24.1 Å². The Bertz CT molecular complexity index is 1940. The Kier molecular flexibility index (Phi) is 9.32. The Labute approximate surface area is 286 Å². The lowest BCUT2D eigenvalue weighted by Crippen LogP contribution is -2.71. The maximum absolute atomic E-state index is 13.3. The zero-order valence-corrected chi connectivity index (χ0v) is 27.1. The van der Waals surface area contributed by atoms with Gasteiger partial charge in [-0.1, -0.05) is 5.16 Å². The summed E-state index contributed by atoms with van der Waals surface area (Å²) in [6.45, 7) is 0.774. The van der Waals surface area contributed by atoms with E-state index in [-0.39, 0.29) is 46.4 Å². The fourth-order valence-corrected chi connectivity index (χ4v) is 7.42. The second kappa shape index (κ2) is 13.8. The number of rotatable bonds is 10. The molecule has 49 heavy (non-hydrogen) atoms. The molecule has 2 saturated heterocycles. The molecule has 16 nitrogen and oxygen atoms in total. The fourth-order valence-electron chi connectivity index (χ4n) is 5.57. The van der Waals surface area contributed by atoms with E-state index in [1.54, 1.807) is 46.1 Å². The quantitative estimate of drug-likeness (QED) is 0.0326. The summed E-state index contributed by atoms with van der Waals surface area (Å²) in [5.41, 5.74) is 7.03. The highest BCUT2D eigenvalue weighted by atomic mass is 32.2. The molecule has 4 amide bonds. The Morgan fingerprint density at radius 3 is 2.53 bits per heavy atom. The molecule has 2 aromatic heterocycles. The van der Waals surface area contributed by atoms with Gasteiger partial charge in [0.05, 0.1) is 0 Å². The van der Waals surface area contributed by atoms with E-state index in [0.29, 0.717) is 36.3 Å². The van der Waals surface area contributed by atoms with Gasteiger partial charge in [-0.25, -0.2) is 9.78 Å². The lowest BCUT2D eigenvalue weighted by atomic mass is 10.0. The predicted octanol–water partition coefficient (Wildman–Crippen LogP) is 0.633. The van der Waals surface area contributed by atoms with E-state index in [4.69, 9.17) is 5.73 Å². The van der Waals surface area contributed by atoms with Crippen LogP contribution in [0.3, 0.4) is 0 Å². The summed E-state index contributed by atoms with van der Waals surface area (Å²) in [6, 6.07) is 8.67. The molecule has 6 rings (SSSR count). The van der Waals surface area contributed by atoms with Gasteiger partial charge < -0.3 is 36.7 Å². The highest BCUT2D eigenvalue weighted by Gasteiger charge is 2.54. The van der Waals surface area contributed by atoms with Crippen LogP contribution in [0.15, 0.2) is 82.2 Å². The van der Waals surface area contributed by atoms with Crippen molar-refractivity contribution in [3.8, 4) is 5.75 Å². The van der Waals surface area contributed by atoms with Gasteiger partial charge in [0, 0.05) is 47.6 Å². The largest absolute Gasteiger partial charge is 0.508 e. The van der Waals surface area contributed by atoms with Crippen LogP contribution in [0.2, 0.25) is 0 Å². The van der Waals surface area contributed by atoms with Crippen molar-refractivity contribution in [1.29, 1.82) is 0 Å². The molecule has 3 aliphatic rings. The molecule has 0 saturated carbocycles. The SMILES string of the molecule is Nc1nc(/C(=N/O)C(=O)N[C@@H]2C(=O)N3C(C(=O)O)=C(/C=C4\CCN(Cc5cc[n+](CC(=O)Nc6ccc(O)cc6)cc5)C4=O)CS[C@H]23)cs1. The molecule has 0 spiro atoms. The molecule has 1 aromatic carbocycles. The van der Waals surface area contributed by atoms with Crippen LogP contribution in [0.5, 0.6) is 5.75 Å². The Hall–Kier alpha value is -5.75. The molecule has 3 aliphatic heterocycles. The number of nitrogen functional groups attached to an aromatic ring is 1. The molecule has 2 fully saturated rings. The number of phenols is 1. The van der Waals surface area contributed by atoms with Crippen LogP contribution in [0, 0.1) is 0 Å². The van der Waals surface area contributed by atoms with Gasteiger partial charge >= 0.3 is 5.97 Å². The minimum absolute atomic E-state index is 0.0286. The van der Waals surface area contributed by atoms with Crippen molar-refractivity contribution in [3.63, 3.8) is 0 Å². The standard InChI is InChI=1S/C31H28N8O8S2/c32-31-34-21(15-49-31)23(36-47)26(42)35-24-28(44)39-25(30(45)46)18(14-48-29(24)39)11-17-7-10-38(27(17)43)12-16-5-8-37(9-6-16)13-22(41)33-19-1-3-20(40)4-2-19/h1-6,8-9,11,15,24,29H,7,10,12-14H2,(H6-,32,33,34,35,36,40,41,42,45,46,47)/p+1/b17-11+/t24-,29-/m1/s1. The van der Waals surface area contributed by atoms with E-state index >= 15 is 0 Å². The number of aromatic hydroxyl groups is 1. The Balaban J connectivity index is 1.08. The molecule has 3 aromatic rings. The first-order valence-corrected chi connectivity index (χ1v) is 16.7. The number of amides is 4. The summed E-state index contributed by atoms with van der Waals surface area (Å²) in [4.78, 5) is 70.6. The van der Waals surface area contributed by atoms with Crippen LogP contribution >= 0.6 is 23.1 Å². The third kappa shape index (κ3) is 6.95. The zero-order chi connectivity index (χ0) is 34.8. The first kappa shape index (κ1) is 33.2. The number of nitrogens with one attached hydrogen (secondary N) is 2. The zero-order valence-electron chi connectivity index (χ0n) is 25.5. The number of aliphatic carboxylic acids is 1. The van der Waals surface area contributed by atoms with Gasteiger partial charge in [0.25, 0.3) is 17.7 Å². The van der Waals surface area contributed by atoms with E-state index in [9.17, 15) is 39.4 Å². The van der Waals surface area contributed by atoms with Gasteiger partial charge in [0.15, 0.2) is 23.2 Å². The number of carbonyl (C=O) groups excluding carboxylic acids is 4. The molecule has 18 heteroatoms. The number of carboxylic acids is 1. The molecule has 2 atom stereocenters. The third-order valence-corrected chi connectivity index (χ3v) is 9.91. The van der Waals surface area contributed by atoms with Gasteiger partial charge in [0.1, 0.15) is 28.6 Å². The smallest absolute Gasteiger partial charge is 0.352 e. The van der Waals surface area contributed by atoms with Crippen LogP contribution in [-0.4, -0.2) is 89.2 Å². The van der Waals surface area contributed by atoms with E-state index in [2.05, 4.69) is 20.8 Å². The second-order valence-corrected chi connectivity index (χ2v) is 13.2. The lowest BCUT2D eigenvalue weighted by Gasteiger charge is -2.49. The topological polar surface area (TPSA) is 232 Å². The van der Waals surface area contributed by atoms with Crippen LogP contribution < -0.4 is 20.9 Å². The molecule has 7 N–H and O–H groups in total. The number of aromatic nitrogens is 2. The van der Waals surface area contributed by atoms with Crippen LogP contribution in [0.1, 0.15) is 17.7 Å². The number of thioether (sulfide) groups is 1. The minimum Gasteiger partial charge on any atom is -0.508 e. The van der Waals surface area contributed by atoms with Crippen LogP contribution in [-0.2, 0) is 37.1 Å². The number of hydrogen-bond donors (Lipinski definition) is 6. The van der Waals surface area contributed by atoms with E-state index < -0.39 is 34.9 Å². The number of carboxylic acid groups (broad SMARTS) is 1. The van der Waals surface area contributed by atoms with Crippen molar-refractivity contribution in [3.05, 3.63) is 88.3 Å². The molecular weight excluding hydrogens is 677 g/mol. The highest BCUT2D eigenvalue weighted by molar-refractivity contribution is 8.00. The molecule has 252 valence electrons. The number of phenolic OH excluding ortho intramolecular Hbond substituents is 1. The number of thiazole rings is 1. The molecule has 0 unspecified atom stereocenters. The Morgan fingerprint density at radius 1 is 1.14 bits per heavy atom. The van der Waals surface area contributed by atoms with Crippen molar-refractivity contribution in [1.82, 2.24) is 20.1 Å². The number of β-lactam (4-membered cyclic amide) rings is 1. The molecule has 0 aliphatic carbocycles. The fraction of sp³-hybridized carbons (Fsp3) is 0.226. The number of hydrogen-bond acceptors (Lipinski definition) is 12. The average molecular weight is 706 g/mol. The number of allylic oxidation sites excluding steroid dienone is 1. The predicted molar refractivity (Wildman–Crippen MR) is 176 cm³/mol. The highest BCUT2D eigenvalue weighted by Crippen LogP contribution is 2.41. The van der Waals surface area contributed by atoms with Crippen molar-refractivity contribution in [2.75, 3.05) is 23.3 Å². The monoisotopic (exact) mass is 705 g/mol. The van der Waals surface area contributed by atoms with E-state index in [0.717, 1.165) is 21.8 Å². The second-order valence-electron chi connectivity index (χ2n) is 11.2. The Morgan fingerprint density at radius 2 is 1.88 bits per heavy atom. The van der Waals surface area contributed by atoms with Crippen molar-refractivity contribution >= 4 is 69.2 Å². The number of oxime groups is 1. The number of benzene rings is 1. The number of nitrogens with two attached hydrogens (primary N) is 1. The normalized spacial score (nSPS) is 19.9. The molecule has 0 radical (unpaired) electrons. The van der Waals surface area contributed by atoms with Gasteiger partial charge in [-0.05, 0) is 47.9 Å². The van der Waals surface area contributed by atoms with Crippen molar-refractivity contribution < 1.29 is 44.0 Å². The maximum Gasteiger partial charge on any atom is 0.352 e. The lowest BCUT2D eigenvalue weighted by molar-refractivity contribution is -0.684. The molecule has 5 heterocycles. The minimum atomic E-state index is -1.34. The van der Waals surface area contributed by atoms with Crippen molar-refractivity contribution in [2.24, 2.45) is 5.16 Å². The number of anilines is 2. The summed E-state index contributed by atoms with van der Waals surface area (Å²) in [5, 5.41) is 37.9. The van der Waals surface area contributed by atoms with Gasteiger partial charge in [0.2, 0.25) is 12.5 Å². The van der Waals surface area contributed by atoms with E-state index in [1.807, 2.05) is 0 Å². The number of fused-ring (bicyclic) bond motifs is 1. The third-order valence-electron chi connectivity index (χ3n) is 7.94. The van der Waals surface area contributed by atoms with Gasteiger partial charge in [-0.15, -0.1) is 23.1 Å². The maximum atomic E-state index is 13.3. The molecular formula is C31H29N8O8S2+. The number of pyridine rings is 1. The number of carbonyl (C=O) groups is 5. The average Bonchev–Trinajstić information content (AvgIpc) is 3.66. The van der Waals surface area contributed by atoms with Crippen molar-refractivity contribution in [2.45, 2.75) is 30.9 Å². The van der Waals surface area contributed by atoms with Crippen LogP contribution in [0.25, 0.3) is 0 Å². The summed E-state index contributed by atoms with van der Waals surface area (Å²) in [6.07, 6.45) is 5.37. The summed E-state index contributed by atoms with van der Waals surface area (Å²) in [7, 11) is 0. The summed E-state index contributed by atoms with van der Waals surface area (Å²) in [5.74, 6) is -3.12.